The number of terminal acetylenes is 1. The van der Waals surface area contributed by atoms with Gasteiger partial charge in [-0.15, -0.1) is 6.42 Å². The zero-order valence-corrected chi connectivity index (χ0v) is 13.5. The number of rotatable bonds is 8. The van der Waals surface area contributed by atoms with E-state index in [1.165, 1.54) is 0 Å². The molecule has 0 atom stereocenters. The van der Waals surface area contributed by atoms with Gasteiger partial charge in [0, 0.05) is 11.8 Å². The molecule has 0 unspecified atom stereocenters. The van der Waals surface area contributed by atoms with Gasteiger partial charge >= 0.3 is 6.03 Å². The van der Waals surface area contributed by atoms with Crippen LogP contribution in [0.3, 0.4) is 0 Å². The lowest BCUT2D eigenvalue weighted by atomic mass is 10.1. The van der Waals surface area contributed by atoms with E-state index in [4.69, 9.17) is 11.2 Å². The summed E-state index contributed by atoms with van der Waals surface area (Å²) in [5.74, 6) is 3.20. The molecule has 0 fully saturated rings. The van der Waals surface area contributed by atoms with Crippen molar-refractivity contribution in [2.45, 2.75) is 20.3 Å². The molecule has 0 aromatic heterocycles. The fourth-order valence-electron chi connectivity index (χ4n) is 1.62. The summed E-state index contributed by atoms with van der Waals surface area (Å²) in [6, 6.07) is 6.63. The molecular formula is C17H23N3O3. The molecule has 1 rings (SSSR count). The van der Waals surface area contributed by atoms with E-state index in [0.29, 0.717) is 24.0 Å². The molecule has 0 bridgehead atoms. The van der Waals surface area contributed by atoms with Crippen molar-refractivity contribution >= 4 is 17.6 Å². The highest BCUT2D eigenvalue weighted by molar-refractivity contribution is 5.92. The summed E-state index contributed by atoms with van der Waals surface area (Å²) >= 11 is 0. The van der Waals surface area contributed by atoms with E-state index >= 15 is 0 Å². The number of hydrogen-bond acceptors (Lipinski definition) is 3. The Bertz CT molecular complexity index is 564. The van der Waals surface area contributed by atoms with Gasteiger partial charge in [0.05, 0.1) is 19.7 Å². The molecule has 1 aromatic rings. The number of benzene rings is 1. The van der Waals surface area contributed by atoms with Gasteiger partial charge in [-0.3, -0.25) is 4.79 Å². The van der Waals surface area contributed by atoms with Crippen LogP contribution in [0.1, 0.15) is 20.3 Å². The highest BCUT2D eigenvalue weighted by atomic mass is 16.5. The number of carbonyl (C=O) groups excluding carboxylic acids is 2. The Labute approximate surface area is 137 Å². The molecule has 0 aliphatic carbocycles. The first-order chi connectivity index (χ1) is 11.0. The van der Waals surface area contributed by atoms with Crippen molar-refractivity contribution in [3.8, 4) is 18.1 Å². The van der Waals surface area contributed by atoms with Gasteiger partial charge in [-0.25, -0.2) is 4.79 Å². The van der Waals surface area contributed by atoms with Crippen molar-refractivity contribution in [1.82, 2.24) is 10.6 Å². The maximum atomic E-state index is 11.7. The molecule has 3 N–H and O–H groups in total. The zero-order valence-electron chi connectivity index (χ0n) is 13.5. The molecule has 124 valence electrons. The standard InChI is InChI=1S/C17H23N3O3/c1-4-9-18-16(21)12-19-17(22)20-14-6-5-7-15(11-14)23-10-8-13(2)3/h1,5-7,11,13H,8-10,12H2,2-3H3,(H,18,21)(H2,19,20,22). The molecule has 0 spiro atoms. The minimum Gasteiger partial charge on any atom is -0.494 e. The van der Waals surface area contributed by atoms with Crippen LogP contribution in [0.2, 0.25) is 0 Å². The summed E-state index contributed by atoms with van der Waals surface area (Å²) in [5, 5.41) is 7.54. The molecule has 6 nitrogen and oxygen atoms in total. The molecule has 0 saturated heterocycles. The predicted octanol–water partition coefficient (Wildman–Crippen LogP) is 1.98. The minimum absolute atomic E-state index is 0.137. The van der Waals surface area contributed by atoms with Gasteiger partial charge in [0.25, 0.3) is 0 Å². The van der Waals surface area contributed by atoms with Crippen LogP contribution in [0.4, 0.5) is 10.5 Å². The molecule has 0 aliphatic heterocycles. The average Bonchev–Trinajstić information content (AvgIpc) is 2.51. The Morgan fingerprint density at radius 3 is 2.78 bits per heavy atom. The quantitative estimate of drug-likeness (QED) is 0.642. The maximum Gasteiger partial charge on any atom is 0.319 e. The molecule has 6 heteroatoms. The van der Waals surface area contributed by atoms with Gasteiger partial charge in [0.1, 0.15) is 5.75 Å². The van der Waals surface area contributed by atoms with Crippen LogP contribution < -0.4 is 20.7 Å². The molecule has 0 saturated carbocycles. The predicted molar refractivity (Wildman–Crippen MR) is 90.3 cm³/mol. The average molecular weight is 317 g/mol. The summed E-state index contributed by atoms with van der Waals surface area (Å²) in [6.07, 6.45) is 5.99. The third-order valence-corrected chi connectivity index (χ3v) is 2.85. The van der Waals surface area contributed by atoms with Crippen LogP contribution in [0, 0.1) is 18.3 Å². The number of amides is 3. The lowest BCUT2D eigenvalue weighted by Gasteiger charge is -2.11. The van der Waals surface area contributed by atoms with Gasteiger partial charge < -0.3 is 20.7 Å². The lowest BCUT2D eigenvalue weighted by Crippen LogP contribution is -2.39. The lowest BCUT2D eigenvalue weighted by molar-refractivity contribution is -0.119. The second-order valence-corrected chi connectivity index (χ2v) is 5.35. The number of urea groups is 1. The maximum absolute atomic E-state index is 11.7. The Kier molecular flexibility index (Phi) is 8.08. The van der Waals surface area contributed by atoms with E-state index in [2.05, 4.69) is 35.7 Å². The first-order valence-electron chi connectivity index (χ1n) is 7.49. The Morgan fingerprint density at radius 1 is 1.30 bits per heavy atom. The van der Waals surface area contributed by atoms with E-state index in [1.807, 2.05) is 6.07 Å². The third kappa shape index (κ3) is 8.37. The number of anilines is 1. The second-order valence-electron chi connectivity index (χ2n) is 5.35. The minimum atomic E-state index is -0.472. The highest BCUT2D eigenvalue weighted by Gasteiger charge is 2.06. The topological polar surface area (TPSA) is 79.5 Å². The van der Waals surface area contributed by atoms with Crippen molar-refractivity contribution in [1.29, 1.82) is 0 Å². The van der Waals surface area contributed by atoms with Crippen LogP contribution in [-0.2, 0) is 4.79 Å². The molecular weight excluding hydrogens is 294 g/mol. The van der Waals surface area contributed by atoms with Crippen molar-refractivity contribution < 1.29 is 14.3 Å². The van der Waals surface area contributed by atoms with Crippen molar-refractivity contribution in [3.63, 3.8) is 0 Å². The van der Waals surface area contributed by atoms with Gasteiger partial charge in [-0.05, 0) is 24.5 Å². The number of hydrogen-bond donors (Lipinski definition) is 3. The van der Waals surface area contributed by atoms with Crippen molar-refractivity contribution in [2.24, 2.45) is 5.92 Å². The Balaban J connectivity index is 2.40. The first kappa shape index (κ1) is 18.4. The van der Waals surface area contributed by atoms with Crippen LogP contribution >= 0.6 is 0 Å². The van der Waals surface area contributed by atoms with E-state index < -0.39 is 6.03 Å². The molecule has 23 heavy (non-hydrogen) atoms. The Morgan fingerprint density at radius 2 is 2.09 bits per heavy atom. The number of nitrogens with one attached hydrogen (secondary N) is 3. The van der Waals surface area contributed by atoms with Crippen LogP contribution in [-0.4, -0.2) is 31.6 Å². The molecule has 0 heterocycles. The second kappa shape index (κ2) is 10.1. The van der Waals surface area contributed by atoms with Gasteiger partial charge in [-0.2, -0.15) is 0 Å². The fourth-order valence-corrected chi connectivity index (χ4v) is 1.62. The van der Waals surface area contributed by atoms with E-state index in [1.54, 1.807) is 18.2 Å². The van der Waals surface area contributed by atoms with E-state index in [0.717, 1.165) is 6.42 Å². The van der Waals surface area contributed by atoms with Gasteiger partial charge in [0.15, 0.2) is 0 Å². The molecule has 1 aromatic carbocycles. The smallest absolute Gasteiger partial charge is 0.319 e. The van der Waals surface area contributed by atoms with Crippen LogP contribution in [0.25, 0.3) is 0 Å². The summed E-state index contributed by atoms with van der Waals surface area (Å²) in [7, 11) is 0. The van der Waals surface area contributed by atoms with Crippen LogP contribution in [0.15, 0.2) is 24.3 Å². The molecule has 0 aliphatic rings. The summed E-state index contributed by atoms with van der Waals surface area (Å²) in [6.45, 7) is 4.88. The first-order valence-corrected chi connectivity index (χ1v) is 7.49. The van der Waals surface area contributed by atoms with Gasteiger partial charge in [0.2, 0.25) is 5.91 Å². The van der Waals surface area contributed by atoms with Crippen LogP contribution in [0.5, 0.6) is 5.75 Å². The summed E-state index contributed by atoms with van der Waals surface area (Å²) < 4.78 is 5.63. The van der Waals surface area contributed by atoms with Gasteiger partial charge in [-0.1, -0.05) is 25.8 Å². The van der Waals surface area contributed by atoms with E-state index in [-0.39, 0.29) is 19.0 Å². The van der Waals surface area contributed by atoms with Crippen molar-refractivity contribution in [2.75, 3.05) is 25.0 Å². The number of ether oxygens (including phenoxy) is 1. The Hall–Kier alpha value is -2.68. The third-order valence-electron chi connectivity index (χ3n) is 2.85. The molecule has 0 radical (unpaired) electrons. The SMILES string of the molecule is C#CCNC(=O)CNC(=O)Nc1cccc(OCCC(C)C)c1. The monoisotopic (exact) mass is 317 g/mol. The zero-order chi connectivity index (χ0) is 17.1. The highest BCUT2D eigenvalue weighted by Crippen LogP contribution is 2.17. The summed E-state index contributed by atoms with van der Waals surface area (Å²) in [5.41, 5.74) is 0.591. The van der Waals surface area contributed by atoms with Crippen molar-refractivity contribution in [3.05, 3.63) is 24.3 Å². The largest absolute Gasteiger partial charge is 0.494 e. The fraction of sp³-hybridized carbons (Fsp3) is 0.412. The summed E-state index contributed by atoms with van der Waals surface area (Å²) in [4.78, 5) is 23.0. The number of carbonyl (C=O) groups is 2. The normalized spacial score (nSPS) is 9.83. The van der Waals surface area contributed by atoms with E-state index in [9.17, 15) is 9.59 Å². The molecule has 3 amide bonds.